The maximum absolute atomic E-state index is 14.2. The normalized spacial score (nSPS) is 11.1. The van der Waals surface area contributed by atoms with Crippen LogP contribution >= 0.6 is 0 Å². The average Bonchev–Trinajstić information content (AvgIpc) is 2.68. The molecule has 0 atom stereocenters. The Bertz CT molecular complexity index is 975. The van der Waals surface area contributed by atoms with Crippen LogP contribution in [0.3, 0.4) is 0 Å². The first-order valence-electron chi connectivity index (χ1n) is 8.15. The Morgan fingerprint density at radius 1 is 1.07 bits per heavy atom. The Morgan fingerprint density at radius 2 is 1.89 bits per heavy atom. The maximum atomic E-state index is 14.2. The van der Waals surface area contributed by atoms with Gasteiger partial charge < -0.3 is 10.1 Å². The summed E-state index contributed by atoms with van der Waals surface area (Å²) in [6, 6.07) is 11.5. The van der Waals surface area contributed by atoms with Crippen LogP contribution in [0, 0.1) is 5.82 Å². The number of nitrogens with one attached hydrogen (secondary N) is 1. The number of pyridine rings is 1. The predicted molar refractivity (Wildman–Crippen MR) is 93.3 cm³/mol. The first kappa shape index (κ1) is 19.3. The Kier molecular flexibility index (Phi) is 5.58. The molecule has 0 aliphatic carbocycles. The van der Waals surface area contributed by atoms with Crippen molar-refractivity contribution in [3.05, 3.63) is 89.5 Å². The van der Waals surface area contributed by atoms with Crippen molar-refractivity contribution in [1.29, 1.82) is 0 Å². The summed E-state index contributed by atoms with van der Waals surface area (Å²) in [5, 5.41) is 2.47. The van der Waals surface area contributed by atoms with Gasteiger partial charge in [0.25, 0.3) is 5.91 Å². The van der Waals surface area contributed by atoms with Crippen LogP contribution in [0.25, 0.3) is 0 Å². The molecular weight excluding hydrogens is 376 g/mol. The summed E-state index contributed by atoms with van der Waals surface area (Å²) in [6.07, 6.45) is -1.55. The molecule has 0 bridgehead atoms. The smallest absolute Gasteiger partial charge is 0.416 e. The van der Waals surface area contributed by atoms with Gasteiger partial charge in [-0.1, -0.05) is 12.1 Å². The van der Waals surface area contributed by atoms with Gasteiger partial charge in [-0.25, -0.2) is 4.39 Å². The standard InChI is InChI=1S/C20H14F4N2O2/c21-17-9-13(6-7-18(17)28-16-5-2-8-25-12-16)11-26-19(27)14-3-1-4-15(10-14)20(22,23)24/h1-10,12H,11H2,(H,26,27). The summed E-state index contributed by atoms with van der Waals surface area (Å²) in [6.45, 7) is -0.0564. The molecule has 1 N–H and O–H groups in total. The van der Waals surface area contributed by atoms with Gasteiger partial charge in [0.05, 0.1) is 11.8 Å². The number of nitrogens with zero attached hydrogens (tertiary/aromatic N) is 1. The van der Waals surface area contributed by atoms with Crippen LogP contribution in [0.5, 0.6) is 11.5 Å². The Balaban J connectivity index is 1.65. The fourth-order valence-electron chi connectivity index (χ4n) is 2.39. The number of carbonyl (C=O) groups is 1. The van der Waals surface area contributed by atoms with Gasteiger partial charge >= 0.3 is 6.18 Å². The molecule has 144 valence electrons. The minimum Gasteiger partial charge on any atom is -0.453 e. The van der Waals surface area contributed by atoms with Gasteiger partial charge in [0.15, 0.2) is 11.6 Å². The maximum Gasteiger partial charge on any atom is 0.416 e. The van der Waals surface area contributed by atoms with Crippen molar-refractivity contribution in [1.82, 2.24) is 10.3 Å². The molecule has 1 heterocycles. The summed E-state index contributed by atoms with van der Waals surface area (Å²) < 4.78 is 57.8. The van der Waals surface area contributed by atoms with Crippen LogP contribution in [-0.2, 0) is 12.7 Å². The molecule has 0 unspecified atom stereocenters. The first-order valence-corrected chi connectivity index (χ1v) is 8.15. The highest BCUT2D eigenvalue weighted by Crippen LogP contribution is 2.29. The van der Waals surface area contributed by atoms with E-state index in [-0.39, 0.29) is 17.9 Å². The van der Waals surface area contributed by atoms with E-state index in [1.807, 2.05) is 0 Å². The topological polar surface area (TPSA) is 51.2 Å². The van der Waals surface area contributed by atoms with Crippen LogP contribution in [0.4, 0.5) is 17.6 Å². The first-order chi connectivity index (χ1) is 13.3. The number of alkyl halides is 3. The Labute approximate surface area is 157 Å². The molecule has 0 saturated heterocycles. The lowest BCUT2D eigenvalue weighted by atomic mass is 10.1. The number of benzene rings is 2. The molecule has 0 fully saturated rings. The fraction of sp³-hybridized carbons (Fsp3) is 0.100. The number of aromatic nitrogens is 1. The molecule has 1 amide bonds. The average molecular weight is 390 g/mol. The van der Waals surface area contributed by atoms with Gasteiger partial charge in [-0.15, -0.1) is 0 Å². The molecule has 1 aromatic heterocycles. The Hall–Kier alpha value is -3.42. The number of ether oxygens (including phenoxy) is 1. The molecule has 2 aromatic carbocycles. The number of hydrogen-bond acceptors (Lipinski definition) is 3. The van der Waals surface area contributed by atoms with Crippen molar-refractivity contribution in [3.63, 3.8) is 0 Å². The molecule has 0 saturated carbocycles. The van der Waals surface area contributed by atoms with Crippen LogP contribution in [0.2, 0.25) is 0 Å². The summed E-state index contributed by atoms with van der Waals surface area (Å²) in [4.78, 5) is 15.9. The van der Waals surface area contributed by atoms with Crippen molar-refractivity contribution in [2.24, 2.45) is 0 Å². The summed E-state index contributed by atoms with van der Waals surface area (Å²) >= 11 is 0. The number of carbonyl (C=O) groups excluding carboxylic acids is 1. The van der Waals surface area contributed by atoms with Crippen LogP contribution in [0.1, 0.15) is 21.5 Å². The van der Waals surface area contributed by atoms with E-state index < -0.39 is 23.5 Å². The second kappa shape index (κ2) is 8.08. The molecule has 3 rings (SSSR count). The van der Waals surface area contributed by atoms with E-state index in [1.54, 1.807) is 24.4 Å². The molecule has 4 nitrogen and oxygen atoms in total. The third-order valence-corrected chi connectivity index (χ3v) is 3.76. The van der Waals surface area contributed by atoms with Gasteiger partial charge in [0.2, 0.25) is 0 Å². The van der Waals surface area contributed by atoms with E-state index in [1.165, 1.54) is 24.4 Å². The summed E-state index contributed by atoms with van der Waals surface area (Å²) in [5.74, 6) is -0.982. The van der Waals surface area contributed by atoms with E-state index in [0.29, 0.717) is 11.3 Å². The SMILES string of the molecule is O=C(NCc1ccc(Oc2cccnc2)c(F)c1)c1cccc(C(F)(F)F)c1. The van der Waals surface area contributed by atoms with Crippen molar-refractivity contribution in [2.75, 3.05) is 0 Å². The lowest BCUT2D eigenvalue weighted by Gasteiger charge is -2.10. The molecule has 3 aromatic rings. The monoisotopic (exact) mass is 390 g/mol. The zero-order valence-electron chi connectivity index (χ0n) is 14.3. The van der Waals surface area contributed by atoms with E-state index in [9.17, 15) is 22.4 Å². The van der Waals surface area contributed by atoms with Crippen LogP contribution < -0.4 is 10.1 Å². The van der Waals surface area contributed by atoms with E-state index in [0.717, 1.165) is 18.2 Å². The fourth-order valence-corrected chi connectivity index (χ4v) is 2.39. The third kappa shape index (κ3) is 4.85. The quantitative estimate of drug-likeness (QED) is 0.627. The zero-order valence-corrected chi connectivity index (χ0v) is 14.3. The highest BCUT2D eigenvalue weighted by molar-refractivity contribution is 5.94. The van der Waals surface area contributed by atoms with Crippen LogP contribution in [0.15, 0.2) is 67.0 Å². The molecular formula is C20H14F4N2O2. The van der Waals surface area contributed by atoms with Crippen molar-refractivity contribution in [2.45, 2.75) is 12.7 Å². The lowest BCUT2D eigenvalue weighted by Crippen LogP contribution is -2.23. The number of halogens is 4. The number of hydrogen-bond donors (Lipinski definition) is 1. The molecule has 28 heavy (non-hydrogen) atoms. The zero-order chi connectivity index (χ0) is 20.1. The second-order valence-electron chi connectivity index (χ2n) is 5.82. The molecule has 0 spiro atoms. The largest absolute Gasteiger partial charge is 0.453 e. The van der Waals surface area contributed by atoms with E-state index >= 15 is 0 Å². The lowest BCUT2D eigenvalue weighted by molar-refractivity contribution is -0.137. The minimum absolute atomic E-state index is 0.0130. The summed E-state index contributed by atoms with van der Waals surface area (Å²) in [7, 11) is 0. The Morgan fingerprint density at radius 3 is 2.57 bits per heavy atom. The van der Waals surface area contributed by atoms with Crippen molar-refractivity contribution < 1.29 is 27.1 Å². The van der Waals surface area contributed by atoms with Gasteiger partial charge in [-0.05, 0) is 48.0 Å². The predicted octanol–water partition coefficient (Wildman–Crippen LogP) is 4.96. The van der Waals surface area contributed by atoms with E-state index in [4.69, 9.17) is 4.74 Å². The third-order valence-electron chi connectivity index (χ3n) is 3.76. The second-order valence-corrected chi connectivity index (χ2v) is 5.82. The van der Waals surface area contributed by atoms with Crippen molar-refractivity contribution >= 4 is 5.91 Å². The molecule has 0 radical (unpaired) electrons. The van der Waals surface area contributed by atoms with Gasteiger partial charge in [0.1, 0.15) is 5.75 Å². The van der Waals surface area contributed by atoms with Crippen LogP contribution in [-0.4, -0.2) is 10.9 Å². The van der Waals surface area contributed by atoms with E-state index in [2.05, 4.69) is 10.3 Å². The van der Waals surface area contributed by atoms with Gasteiger partial charge in [-0.2, -0.15) is 13.2 Å². The number of rotatable bonds is 5. The molecule has 8 heteroatoms. The minimum atomic E-state index is -4.54. The number of amides is 1. The van der Waals surface area contributed by atoms with Gasteiger partial charge in [0, 0.05) is 18.3 Å². The van der Waals surface area contributed by atoms with Gasteiger partial charge in [-0.3, -0.25) is 9.78 Å². The highest BCUT2D eigenvalue weighted by Gasteiger charge is 2.30. The highest BCUT2D eigenvalue weighted by atomic mass is 19.4. The van der Waals surface area contributed by atoms with Crippen molar-refractivity contribution in [3.8, 4) is 11.5 Å². The molecule has 0 aliphatic heterocycles. The summed E-state index contributed by atoms with van der Waals surface area (Å²) in [5.41, 5.74) is -0.619. The molecule has 0 aliphatic rings.